The molecule has 0 spiro atoms. The van der Waals surface area contributed by atoms with Crippen molar-refractivity contribution in [2.24, 2.45) is 0 Å². The predicted molar refractivity (Wildman–Crippen MR) is 122 cm³/mol. The van der Waals surface area contributed by atoms with Crippen LogP contribution in [0.1, 0.15) is 35.2 Å². The van der Waals surface area contributed by atoms with Crippen molar-refractivity contribution in [2.45, 2.75) is 25.7 Å². The van der Waals surface area contributed by atoms with Gasteiger partial charge < -0.3 is 20.4 Å². The quantitative estimate of drug-likeness (QED) is 0.685. The van der Waals surface area contributed by atoms with E-state index in [1.165, 1.54) is 0 Å². The van der Waals surface area contributed by atoms with E-state index in [0.717, 1.165) is 37.2 Å². The molecule has 31 heavy (non-hydrogen) atoms. The molecule has 1 aliphatic heterocycles. The molecule has 1 heterocycles. The van der Waals surface area contributed by atoms with Gasteiger partial charge in [0.15, 0.2) is 0 Å². The second-order valence-corrected chi connectivity index (χ2v) is 7.97. The van der Waals surface area contributed by atoms with Crippen molar-refractivity contribution in [3.8, 4) is 0 Å². The molecule has 7 heteroatoms. The highest BCUT2D eigenvalue weighted by Gasteiger charge is 2.19. The van der Waals surface area contributed by atoms with Gasteiger partial charge in [0, 0.05) is 50.5 Å². The molecule has 0 atom stereocenters. The Morgan fingerprint density at radius 2 is 1.68 bits per heavy atom. The molecular weight excluding hydrogens is 392 g/mol. The summed E-state index contributed by atoms with van der Waals surface area (Å²) in [6, 6.07) is 14.8. The van der Waals surface area contributed by atoms with Crippen LogP contribution in [-0.4, -0.2) is 61.3 Å². The zero-order chi connectivity index (χ0) is 22.2. The third-order valence-corrected chi connectivity index (χ3v) is 5.29. The van der Waals surface area contributed by atoms with E-state index in [9.17, 15) is 14.4 Å². The number of hydrogen-bond acceptors (Lipinski definition) is 4. The normalized spacial score (nSPS) is 13.0. The van der Waals surface area contributed by atoms with Gasteiger partial charge in [0.1, 0.15) is 0 Å². The standard InChI is InChI=1S/C24H30N4O3/c1-27(2)23(30)12-11-18-7-5-9-20(15-18)25-17-22(29)26-21-10-6-8-19(16-21)24(31)28-13-3-4-14-28/h5-10,15-16,25H,3-4,11-14,17H2,1-2H3,(H,26,29). The molecule has 1 aliphatic rings. The van der Waals surface area contributed by atoms with E-state index in [-0.39, 0.29) is 24.3 Å². The van der Waals surface area contributed by atoms with Crippen LogP contribution in [0.2, 0.25) is 0 Å². The number of hydrogen-bond donors (Lipinski definition) is 2. The van der Waals surface area contributed by atoms with Gasteiger partial charge in [-0.25, -0.2) is 0 Å². The van der Waals surface area contributed by atoms with Crippen molar-refractivity contribution in [1.29, 1.82) is 0 Å². The topological polar surface area (TPSA) is 81.8 Å². The number of aryl methyl sites for hydroxylation is 1. The van der Waals surface area contributed by atoms with Gasteiger partial charge in [-0.2, -0.15) is 0 Å². The molecule has 0 saturated carbocycles. The molecule has 2 aromatic rings. The minimum absolute atomic E-state index is 0.0105. The molecule has 3 amide bonds. The summed E-state index contributed by atoms with van der Waals surface area (Å²) in [5, 5.41) is 5.96. The molecule has 2 aromatic carbocycles. The number of rotatable bonds is 8. The van der Waals surface area contributed by atoms with Gasteiger partial charge in [0.2, 0.25) is 11.8 Å². The van der Waals surface area contributed by atoms with Crippen molar-refractivity contribution in [3.05, 3.63) is 59.7 Å². The van der Waals surface area contributed by atoms with E-state index in [1.807, 2.05) is 29.2 Å². The molecule has 0 aromatic heterocycles. The lowest BCUT2D eigenvalue weighted by Crippen LogP contribution is -2.27. The highest BCUT2D eigenvalue weighted by Crippen LogP contribution is 2.17. The summed E-state index contributed by atoms with van der Waals surface area (Å²) >= 11 is 0. The number of likely N-dealkylation sites (tertiary alicyclic amines) is 1. The van der Waals surface area contributed by atoms with Crippen molar-refractivity contribution < 1.29 is 14.4 Å². The van der Waals surface area contributed by atoms with E-state index >= 15 is 0 Å². The summed E-state index contributed by atoms with van der Waals surface area (Å²) in [7, 11) is 3.49. The Kier molecular flexibility index (Phi) is 7.65. The van der Waals surface area contributed by atoms with E-state index in [1.54, 1.807) is 43.3 Å². The first kappa shape index (κ1) is 22.3. The maximum Gasteiger partial charge on any atom is 0.253 e. The first-order chi connectivity index (χ1) is 14.9. The van der Waals surface area contributed by atoms with Gasteiger partial charge in [-0.3, -0.25) is 14.4 Å². The maximum absolute atomic E-state index is 12.5. The van der Waals surface area contributed by atoms with Crippen LogP contribution in [0, 0.1) is 0 Å². The third-order valence-electron chi connectivity index (χ3n) is 5.29. The number of carbonyl (C=O) groups is 3. The van der Waals surface area contributed by atoms with Crippen LogP contribution in [0.4, 0.5) is 11.4 Å². The molecule has 0 radical (unpaired) electrons. The number of nitrogens with zero attached hydrogens (tertiary/aromatic N) is 2. The number of anilines is 2. The second kappa shape index (κ2) is 10.6. The Morgan fingerprint density at radius 1 is 0.968 bits per heavy atom. The Bertz CT molecular complexity index is 936. The number of nitrogens with one attached hydrogen (secondary N) is 2. The Hall–Kier alpha value is -3.35. The van der Waals surface area contributed by atoms with Crippen LogP contribution < -0.4 is 10.6 Å². The average molecular weight is 423 g/mol. The minimum Gasteiger partial charge on any atom is -0.376 e. The first-order valence-electron chi connectivity index (χ1n) is 10.6. The van der Waals surface area contributed by atoms with Gasteiger partial charge in [-0.15, -0.1) is 0 Å². The fraction of sp³-hybridized carbons (Fsp3) is 0.375. The third kappa shape index (κ3) is 6.57. The molecule has 0 bridgehead atoms. The van der Waals surface area contributed by atoms with E-state index in [0.29, 0.717) is 24.1 Å². The first-order valence-corrected chi connectivity index (χ1v) is 10.6. The van der Waals surface area contributed by atoms with E-state index in [4.69, 9.17) is 0 Å². The molecule has 1 saturated heterocycles. The lowest BCUT2D eigenvalue weighted by molar-refractivity contribution is -0.128. The zero-order valence-electron chi connectivity index (χ0n) is 18.2. The second-order valence-electron chi connectivity index (χ2n) is 7.97. The highest BCUT2D eigenvalue weighted by atomic mass is 16.2. The van der Waals surface area contributed by atoms with E-state index < -0.39 is 0 Å². The Morgan fingerprint density at radius 3 is 2.42 bits per heavy atom. The smallest absolute Gasteiger partial charge is 0.253 e. The molecular formula is C24H30N4O3. The van der Waals surface area contributed by atoms with Crippen LogP contribution in [0.5, 0.6) is 0 Å². The summed E-state index contributed by atoms with van der Waals surface area (Å²) in [6.45, 7) is 1.69. The van der Waals surface area contributed by atoms with Crippen molar-refractivity contribution in [1.82, 2.24) is 9.80 Å². The molecule has 7 nitrogen and oxygen atoms in total. The van der Waals surface area contributed by atoms with Crippen molar-refractivity contribution >= 4 is 29.1 Å². The largest absolute Gasteiger partial charge is 0.376 e. The lowest BCUT2D eigenvalue weighted by atomic mass is 10.1. The summed E-state index contributed by atoms with van der Waals surface area (Å²) < 4.78 is 0. The van der Waals surface area contributed by atoms with Crippen molar-refractivity contribution in [3.63, 3.8) is 0 Å². The molecule has 0 aliphatic carbocycles. The van der Waals surface area contributed by atoms with E-state index in [2.05, 4.69) is 10.6 Å². The van der Waals surface area contributed by atoms with Crippen LogP contribution in [-0.2, 0) is 16.0 Å². The highest BCUT2D eigenvalue weighted by molar-refractivity contribution is 5.98. The maximum atomic E-state index is 12.5. The fourth-order valence-corrected chi connectivity index (χ4v) is 3.53. The van der Waals surface area contributed by atoms with Crippen LogP contribution >= 0.6 is 0 Å². The lowest BCUT2D eigenvalue weighted by Gasteiger charge is -2.16. The summed E-state index contributed by atoms with van der Waals surface area (Å²) in [6.07, 6.45) is 3.18. The van der Waals surface area contributed by atoms with Crippen molar-refractivity contribution in [2.75, 3.05) is 44.4 Å². The molecule has 2 N–H and O–H groups in total. The Balaban J connectivity index is 1.51. The summed E-state index contributed by atoms with van der Waals surface area (Å²) in [5.41, 5.74) is 3.05. The van der Waals surface area contributed by atoms with Crippen LogP contribution in [0.3, 0.4) is 0 Å². The molecule has 3 rings (SSSR count). The number of amides is 3. The van der Waals surface area contributed by atoms with Gasteiger partial charge in [0.25, 0.3) is 5.91 Å². The molecule has 1 fully saturated rings. The van der Waals surface area contributed by atoms with Crippen LogP contribution in [0.15, 0.2) is 48.5 Å². The predicted octanol–water partition coefficient (Wildman–Crippen LogP) is 2.99. The SMILES string of the molecule is CN(C)C(=O)CCc1cccc(NCC(=O)Nc2cccc(C(=O)N3CCCC3)c2)c1. The van der Waals surface area contributed by atoms with Gasteiger partial charge in [-0.1, -0.05) is 18.2 Å². The zero-order valence-corrected chi connectivity index (χ0v) is 18.2. The molecule has 164 valence electrons. The van der Waals surface area contributed by atoms with Gasteiger partial charge in [-0.05, 0) is 55.2 Å². The van der Waals surface area contributed by atoms with Gasteiger partial charge >= 0.3 is 0 Å². The average Bonchev–Trinajstić information content (AvgIpc) is 3.31. The summed E-state index contributed by atoms with van der Waals surface area (Å²) in [5.74, 6) is -0.0987. The molecule has 0 unspecified atom stereocenters. The van der Waals surface area contributed by atoms with Gasteiger partial charge in [0.05, 0.1) is 6.54 Å². The number of benzene rings is 2. The Labute approximate surface area is 183 Å². The fourth-order valence-electron chi connectivity index (χ4n) is 3.53. The monoisotopic (exact) mass is 422 g/mol. The van der Waals surface area contributed by atoms with Crippen LogP contribution in [0.25, 0.3) is 0 Å². The number of carbonyl (C=O) groups excluding carboxylic acids is 3. The summed E-state index contributed by atoms with van der Waals surface area (Å²) in [4.78, 5) is 40.1. The minimum atomic E-state index is -0.195.